The molecular weight excluding hydrogens is 895 g/mol. The number of carbonyl (C=O) groups is 2. The standard InChI is InChI=1S/C56H77NO13/c1-31(2)22-37-16-19-55(28-47(37)62)40-11-12-41(32(3)23-40)44(55)13-15-49(63)68-52-50(64)51-45(57-29-33(4)60)17-20-56(66,70-51)53(52)69-54(65)39(24-35-7-14-46(61)48(26-35)67-5)27-43-38(30-59)10-9-36-8-6-34(18-21-58)25-42(36)43/h6-8,11-12,14,17,20,24-26,31-33,37-38,40-41,43-45,47,50-53,57-62,64,66H,9-10,13,15-16,18-19,21-23,27-30H2,1-5H3/b39-24+/t32-,33+,37+,38-,40-,41+,43-,44+,45-,47-,50+,51+,52-,53-,55+,56-/m1/s1. The van der Waals surface area contributed by atoms with E-state index in [2.05, 4.69) is 38.2 Å². The number of phenolic OH excluding ortho intramolecular Hbond substituents is 1. The first-order chi connectivity index (χ1) is 33.5. The quantitative estimate of drug-likeness (QED) is 0.0513. The van der Waals surface area contributed by atoms with E-state index in [1.807, 2.05) is 18.2 Å². The van der Waals surface area contributed by atoms with Gasteiger partial charge in [-0.05, 0) is 170 Å². The SMILES string of the molecule is COc1cc(/C=C(\C[C@H]2c3cc(CCO)ccc3CC[C@@H]2CO)C(=O)O[C@@H]2[C@H](OC(=O)CC[C@H]3[C@H]4C=C[C@H](C[C@H]4C)[C@@]34CC[C@@H](CC(C)C)[C@H](O)C4)[C@@H](O)[C@H]3O[C@]2(O)C=C[C@H]3NC[C@H](C)O)ccc1O. The van der Waals surface area contributed by atoms with E-state index >= 15 is 4.79 Å². The molecule has 14 nitrogen and oxygen atoms in total. The molecule has 2 saturated carbocycles. The van der Waals surface area contributed by atoms with E-state index in [0.29, 0.717) is 49.5 Å². The molecule has 4 bridgehead atoms. The van der Waals surface area contributed by atoms with Crippen molar-refractivity contribution in [1.29, 1.82) is 0 Å². The number of benzene rings is 2. The Bertz CT molecular complexity index is 2260. The minimum atomic E-state index is -2.36. The van der Waals surface area contributed by atoms with Crippen molar-refractivity contribution < 1.29 is 64.3 Å². The van der Waals surface area contributed by atoms with Crippen LogP contribution in [0.4, 0.5) is 0 Å². The smallest absolute Gasteiger partial charge is 0.334 e. The number of carbonyl (C=O) groups excluding carboxylic acids is 2. The Hall–Kier alpha value is -4.12. The van der Waals surface area contributed by atoms with Crippen LogP contribution in [-0.2, 0) is 36.6 Å². The summed E-state index contributed by atoms with van der Waals surface area (Å²) in [5.41, 5.74) is 3.36. The lowest BCUT2D eigenvalue weighted by Crippen LogP contribution is -2.71. The van der Waals surface area contributed by atoms with Crippen LogP contribution < -0.4 is 10.1 Å². The van der Waals surface area contributed by atoms with E-state index in [4.69, 9.17) is 18.9 Å². The van der Waals surface area contributed by atoms with E-state index < -0.39 is 60.4 Å². The normalized spacial score (nSPS) is 35.9. The lowest BCUT2D eigenvalue weighted by molar-refractivity contribution is -0.333. The van der Waals surface area contributed by atoms with Crippen molar-refractivity contribution in [3.8, 4) is 11.5 Å². The predicted molar refractivity (Wildman–Crippen MR) is 262 cm³/mol. The first kappa shape index (κ1) is 52.2. The zero-order valence-corrected chi connectivity index (χ0v) is 41.5. The molecule has 16 atom stereocenters. The van der Waals surface area contributed by atoms with Gasteiger partial charge >= 0.3 is 11.9 Å². The van der Waals surface area contributed by atoms with Gasteiger partial charge in [0, 0.05) is 31.8 Å². The van der Waals surface area contributed by atoms with Gasteiger partial charge in [-0.3, -0.25) is 4.79 Å². The Morgan fingerprint density at radius 2 is 1.81 bits per heavy atom. The summed E-state index contributed by atoms with van der Waals surface area (Å²) in [6.45, 7) is 8.18. The summed E-state index contributed by atoms with van der Waals surface area (Å²) >= 11 is 0. The molecule has 0 radical (unpaired) electrons. The third-order valence-corrected chi connectivity index (χ3v) is 16.9. The fourth-order valence-corrected chi connectivity index (χ4v) is 13.4. The number of ether oxygens (including phenoxy) is 4. The molecule has 7 aliphatic rings. The summed E-state index contributed by atoms with van der Waals surface area (Å²) in [5, 5.41) is 80.5. The first-order valence-electron chi connectivity index (χ1n) is 25.8. The first-order valence-corrected chi connectivity index (χ1v) is 25.8. The number of rotatable bonds is 18. The average Bonchev–Trinajstić information content (AvgIpc) is 3.32. The van der Waals surface area contributed by atoms with Gasteiger partial charge in [0.15, 0.2) is 23.7 Å². The van der Waals surface area contributed by atoms with Gasteiger partial charge in [-0.15, -0.1) is 0 Å². The van der Waals surface area contributed by atoms with Gasteiger partial charge in [0.05, 0.1) is 25.4 Å². The summed E-state index contributed by atoms with van der Waals surface area (Å²) in [5.74, 6) is -2.70. The summed E-state index contributed by atoms with van der Waals surface area (Å²) in [6.07, 6.45) is 8.78. The molecule has 384 valence electrons. The number of aryl methyl sites for hydroxylation is 1. The average molecular weight is 972 g/mol. The third kappa shape index (κ3) is 10.8. The molecule has 0 aromatic heterocycles. The minimum absolute atomic E-state index is 0.00908. The monoisotopic (exact) mass is 972 g/mol. The molecule has 5 aliphatic carbocycles. The van der Waals surface area contributed by atoms with Gasteiger partial charge in [-0.25, -0.2) is 4.79 Å². The van der Waals surface area contributed by atoms with Crippen LogP contribution in [0.3, 0.4) is 0 Å². The third-order valence-electron chi connectivity index (χ3n) is 16.9. The summed E-state index contributed by atoms with van der Waals surface area (Å²) in [4.78, 5) is 29.5. The van der Waals surface area contributed by atoms with E-state index in [-0.39, 0.29) is 90.6 Å². The molecular formula is C56H77NO13. The Balaban J connectivity index is 1.10. The van der Waals surface area contributed by atoms with Crippen LogP contribution in [0.1, 0.15) is 114 Å². The highest BCUT2D eigenvalue weighted by atomic mass is 16.7. The molecule has 9 rings (SSSR count). The van der Waals surface area contributed by atoms with Gasteiger partial charge < -0.3 is 60.0 Å². The van der Waals surface area contributed by atoms with E-state index in [0.717, 1.165) is 42.4 Å². The molecule has 8 N–H and O–H groups in total. The maximum Gasteiger partial charge on any atom is 0.334 e. The molecule has 70 heavy (non-hydrogen) atoms. The Morgan fingerprint density at radius 3 is 2.51 bits per heavy atom. The van der Waals surface area contributed by atoms with Crippen LogP contribution in [0.5, 0.6) is 11.5 Å². The van der Waals surface area contributed by atoms with Crippen molar-refractivity contribution in [3.05, 3.63) is 88.5 Å². The molecule has 1 spiro atoms. The number of hydrogen-bond donors (Lipinski definition) is 8. The largest absolute Gasteiger partial charge is 0.504 e. The zero-order chi connectivity index (χ0) is 50.1. The van der Waals surface area contributed by atoms with Gasteiger partial charge in [0.1, 0.15) is 12.2 Å². The number of hydrogen-bond acceptors (Lipinski definition) is 14. The molecule has 2 aromatic carbocycles. The van der Waals surface area contributed by atoms with Gasteiger partial charge in [-0.1, -0.05) is 63.3 Å². The summed E-state index contributed by atoms with van der Waals surface area (Å²) in [6, 6.07) is 9.91. The fourth-order valence-electron chi connectivity index (χ4n) is 13.4. The number of aliphatic hydroxyl groups is 6. The van der Waals surface area contributed by atoms with Crippen molar-refractivity contribution in [3.63, 3.8) is 0 Å². The highest BCUT2D eigenvalue weighted by molar-refractivity contribution is 5.94. The van der Waals surface area contributed by atoms with Gasteiger partial charge in [0.2, 0.25) is 5.79 Å². The number of fused-ring (bicyclic) bond motifs is 4. The highest BCUT2D eigenvalue weighted by Gasteiger charge is 2.61. The highest BCUT2D eigenvalue weighted by Crippen LogP contribution is 2.63. The maximum absolute atomic E-state index is 15.0. The number of esters is 2. The molecule has 2 heterocycles. The van der Waals surface area contributed by atoms with Crippen LogP contribution in [0, 0.1) is 46.8 Å². The van der Waals surface area contributed by atoms with Crippen molar-refractivity contribution in [2.45, 2.75) is 153 Å². The maximum atomic E-state index is 15.0. The Morgan fingerprint density at radius 1 is 1.01 bits per heavy atom. The molecule has 2 aromatic rings. The van der Waals surface area contributed by atoms with Crippen molar-refractivity contribution in [2.75, 3.05) is 26.9 Å². The molecule has 14 heteroatoms. The second-order valence-electron chi connectivity index (χ2n) is 22.0. The number of allylic oxidation sites excluding steroid dienone is 2. The number of methoxy groups -OCH3 is 1. The molecule has 0 unspecified atom stereocenters. The van der Waals surface area contributed by atoms with Crippen molar-refractivity contribution >= 4 is 18.0 Å². The Labute approximate surface area is 412 Å². The topological polar surface area (TPSA) is 225 Å². The second-order valence-corrected chi connectivity index (χ2v) is 22.0. The molecule has 2 aliphatic heterocycles. The van der Waals surface area contributed by atoms with E-state index in [9.17, 15) is 40.5 Å². The fraction of sp³-hybridized carbons (Fsp3) is 0.643. The molecule has 3 fully saturated rings. The second kappa shape index (κ2) is 21.9. The summed E-state index contributed by atoms with van der Waals surface area (Å²) < 4.78 is 24.1. The number of aromatic hydroxyl groups is 1. The van der Waals surface area contributed by atoms with Gasteiger partial charge in [0.25, 0.3) is 0 Å². The molecule has 0 amide bonds. The number of nitrogens with one attached hydrogen (secondary N) is 1. The van der Waals surface area contributed by atoms with Crippen molar-refractivity contribution in [1.82, 2.24) is 5.32 Å². The van der Waals surface area contributed by atoms with Gasteiger partial charge in [-0.2, -0.15) is 0 Å². The lowest BCUT2D eigenvalue weighted by Gasteiger charge is -2.60. The summed E-state index contributed by atoms with van der Waals surface area (Å²) in [7, 11) is 1.41. The van der Waals surface area contributed by atoms with Crippen molar-refractivity contribution in [2.24, 2.45) is 46.8 Å². The van der Waals surface area contributed by atoms with Crippen LogP contribution >= 0.6 is 0 Å². The number of aliphatic hydroxyl groups excluding tert-OH is 5. The van der Waals surface area contributed by atoms with E-state index in [1.54, 1.807) is 31.2 Å². The zero-order valence-electron chi connectivity index (χ0n) is 41.5. The van der Waals surface area contributed by atoms with Crippen LogP contribution in [0.15, 0.2) is 66.3 Å². The minimum Gasteiger partial charge on any atom is -0.504 e. The lowest BCUT2D eigenvalue weighted by atomic mass is 9.45. The van der Waals surface area contributed by atoms with Crippen LogP contribution in [0.2, 0.25) is 0 Å². The Kier molecular flexibility index (Phi) is 16.4. The van der Waals surface area contributed by atoms with Crippen LogP contribution in [0.25, 0.3) is 6.08 Å². The van der Waals surface area contributed by atoms with E-state index in [1.165, 1.54) is 19.3 Å². The number of phenols is 1. The predicted octanol–water partition coefficient (Wildman–Crippen LogP) is 5.66. The van der Waals surface area contributed by atoms with Crippen LogP contribution in [-0.4, -0.2) is 123 Å². The molecule has 1 saturated heterocycles.